The molecule has 2 aromatic carbocycles. The lowest BCUT2D eigenvalue weighted by atomic mass is 9.90. The molecule has 24 heavy (non-hydrogen) atoms. The smallest absolute Gasteiger partial charge is 0.251 e. The number of hydrogen-bond acceptors (Lipinski definition) is 2. The van der Waals surface area contributed by atoms with Crippen LogP contribution in [-0.4, -0.2) is 19.6 Å². The summed E-state index contributed by atoms with van der Waals surface area (Å²) < 4.78 is 5.39. The number of carbonyl (C=O) groups excluding carboxylic acids is 1. The molecule has 0 spiro atoms. The minimum Gasteiger partial charge on any atom is -0.496 e. The maximum absolute atomic E-state index is 12.4. The van der Waals surface area contributed by atoms with Gasteiger partial charge in [0.05, 0.1) is 7.11 Å². The van der Waals surface area contributed by atoms with Gasteiger partial charge in [0.1, 0.15) is 5.75 Å². The normalized spacial score (nSPS) is 13.2. The molecule has 3 nitrogen and oxygen atoms in total. The molecule has 0 bridgehead atoms. The van der Waals surface area contributed by atoms with Gasteiger partial charge < -0.3 is 10.1 Å². The summed E-state index contributed by atoms with van der Waals surface area (Å²) in [5.74, 6) is 0.888. The summed E-state index contributed by atoms with van der Waals surface area (Å²) >= 11 is 0. The molecular formula is C21H25NO2. The molecule has 0 radical (unpaired) electrons. The van der Waals surface area contributed by atoms with E-state index in [0.29, 0.717) is 6.54 Å². The van der Waals surface area contributed by atoms with Gasteiger partial charge in [0.2, 0.25) is 0 Å². The number of aryl methyl sites for hydroxylation is 3. The van der Waals surface area contributed by atoms with Gasteiger partial charge in [-0.3, -0.25) is 4.79 Å². The molecule has 1 N–H and O–H groups in total. The van der Waals surface area contributed by atoms with E-state index >= 15 is 0 Å². The second-order valence-electron chi connectivity index (χ2n) is 6.51. The third kappa shape index (κ3) is 3.78. The second-order valence-corrected chi connectivity index (χ2v) is 6.51. The van der Waals surface area contributed by atoms with Gasteiger partial charge in [-0.25, -0.2) is 0 Å². The quantitative estimate of drug-likeness (QED) is 0.907. The minimum absolute atomic E-state index is 0.00925. The first-order valence-corrected chi connectivity index (χ1v) is 8.71. The van der Waals surface area contributed by atoms with Crippen molar-refractivity contribution in [2.45, 2.75) is 39.0 Å². The van der Waals surface area contributed by atoms with Crippen LogP contribution in [0.15, 0.2) is 36.4 Å². The molecular weight excluding hydrogens is 298 g/mol. The lowest BCUT2D eigenvalue weighted by Gasteiger charge is -2.16. The van der Waals surface area contributed by atoms with Gasteiger partial charge in [0.15, 0.2) is 0 Å². The average Bonchev–Trinajstić information content (AvgIpc) is 2.61. The van der Waals surface area contributed by atoms with Gasteiger partial charge in [-0.1, -0.05) is 23.8 Å². The van der Waals surface area contributed by atoms with Crippen molar-refractivity contribution in [2.24, 2.45) is 0 Å². The molecule has 126 valence electrons. The average molecular weight is 323 g/mol. The molecule has 0 atom stereocenters. The largest absolute Gasteiger partial charge is 0.496 e. The van der Waals surface area contributed by atoms with Gasteiger partial charge in [0, 0.05) is 12.1 Å². The first kappa shape index (κ1) is 16.6. The SMILES string of the molecule is COc1ccc(C)cc1CCNC(=O)c1ccc2c(c1)CCCC2. The maximum atomic E-state index is 12.4. The summed E-state index contributed by atoms with van der Waals surface area (Å²) in [6, 6.07) is 12.3. The molecule has 0 heterocycles. The lowest BCUT2D eigenvalue weighted by molar-refractivity contribution is 0.0954. The fourth-order valence-corrected chi connectivity index (χ4v) is 3.39. The van der Waals surface area contributed by atoms with E-state index in [1.165, 1.54) is 29.5 Å². The van der Waals surface area contributed by atoms with Crippen molar-refractivity contribution in [1.82, 2.24) is 5.32 Å². The van der Waals surface area contributed by atoms with Crippen molar-refractivity contribution < 1.29 is 9.53 Å². The van der Waals surface area contributed by atoms with E-state index in [4.69, 9.17) is 4.74 Å². The molecule has 0 unspecified atom stereocenters. The molecule has 2 aromatic rings. The Morgan fingerprint density at radius 2 is 1.88 bits per heavy atom. The highest BCUT2D eigenvalue weighted by atomic mass is 16.5. The van der Waals surface area contributed by atoms with Crippen LogP contribution < -0.4 is 10.1 Å². The number of ether oxygens (including phenoxy) is 1. The van der Waals surface area contributed by atoms with Crippen molar-refractivity contribution in [3.05, 3.63) is 64.2 Å². The third-order valence-corrected chi connectivity index (χ3v) is 4.73. The predicted octanol–water partition coefficient (Wildman–Crippen LogP) is 3.85. The molecule has 1 amide bonds. The van der Waals surface area contributed by atoms with Crippen molar-refractivity contribution in [3.8, 4) is 5.75 Å². The van der Waals surface area contributed by atoms with Gasteiger partial charge in [0.25, 0.3) is 5.91 Å². The number of methoxy groups -OCH3 is 1. The molecule has 3 heteroatoms. The van der Waals surface area contributed by atoms with Crippen LogP contribution in [0.5, 0.6) is 5.75 Å². The lowest BCUT2D eigenvalue weighted by Crippen LogP contribution is -2.26. The van der Waals surface area contributed by atoms with Gasteiger partial charge in [-0.15, -0.1) is 0 Å². The van der Waals surface area contributed by atoms with Crippen LogP contribution in [0.2, 0.25) is 0 Å². The maximum Gasteiger partial charge on any atom is 0.251 e. The number of carbonyl (C=O) groups is 1. The Balaban J connectivity index is 1.61. The minimum atomic E-state index is 0.00925. The highest BCUT2D eigenvalue weighted by Crippen LogP contribution is 2.22. The fourth-order valence-electron chi connectivity index (χ4n) is 3.39. The number of amides is 1. The standard InChI is InChI=1S/C21H25NO2/c1-15-7-10-20(24-2)18(13-15)11-12-22-21(23)19-9-8-16-5-3-4-6-17(16)14-19/h7-10,13-14H,3-6,11-12H2,1-2H3,(H,22,23). The summed E-state index contributed by atoms with van der Waals surface area (Å²) in [5.41, 5.74) is 5.85. The molecule has 0 fully saturated rings. The summed E-state index contributed by atoms with van der Waals surface area (Å²) in [6.07, 6.45) is 5.49. The fraction of sp³-hybridized carbons (Fsp3) is 0.381. The molecule has 0 aromatic heterocycles. The van der Waals surface area contributed by atoms with E-state index in [1.54, 1.807) is 7.11 Å². The number of benzene rings is 2. The summed E-state index contributed by atoms with van der Waals surface area (Å²) in [6.45, 7) is 2.67. The monoisotopic (exact) mass is 323 g/mol. The van der Waals surface area contributed by atoms with Crippen LogP contribution in [0.25, 0.3) is 0 Å². The topological polar surface area (TPSA) is 38.3 Å². The van der Waals surface area contributed by atoms with Crippen molar-refractivity contribution in [2.75, 3.05) is 13.7 Å². The summed E-state index contributed by atoms with van der Waals surface area (Å²) in [4.78, 5) is 12.4. The zero-order valence-corrected chi connectivity index (χ0v) is 14.5. The number of hydrogen-bond donors (Lipinski definition) is 1. The van der Waals surface area contributed by atoms with E-state index in [-0.39, 0.29) is 5.91 Å². The van der Waals surface area contributed by atoms with Crippen molar-refractivity contribution >= 4 is 5.91 Å². The van der Waals surface area contributed by atoms with Crippen LogP contribution in [-0.2, 0) is 19.3 Å². The second kappa shape index (κ2) is 7.52. The molecule has 1 aliphatic carbocycles. The predicted molar refractivity (Wildman–Crippen MR) is 96.9 cm³/mol. The first-order chi connectivity index (χ1) is 11.7. The highest BCUT2D eigenvalue weighted by Gasteiger charge is 2.13. The van der Waals surface area contributed by atoms with Crippen LogP contribution in [0.1, 0.15) is 45.5 Å². The van der Waals surface area contributed by atoms with E-state index < -0.39 is 0 Å². The van der Waals surface area contributed by atoms with Crippen molar-refractivity contribution in [3.63, 3.8) is 0 Å². The van der Waals surface area contributed by atoms with Crippen LogP contribution in [0.3, 0.4) is 0 Å². The Bertz CT molecular complexity index is 737. The summed E-state index contributed by atoms with van der Waals surface area (Å²) in [5, 5.41) is 3.03. The molecule has 0 aliphatic heterocycles. The van der Waals surface area contributed by atoms with Crippen LogP contribution in [0, 0.1) is 6.92 Å². The molecule has 3 rings (SSSR count). The molecule has 0 saturated heterocycles. The Hall–Kier alpha value is -2.29. The zero-order valence-electron chi connectivity index (χ0n) is 14.5. The highest BCUT2D eigenvalue weighted by molar-refractivity contribution is 5.94. The zero-order chi connectivity index (χ0) is 16.9. The van der Waals surface area contributed by atoms with Crippen molar-refractivity contribution in [1.29, 1.82) is 0 Å². The summed E-state index contributed by atoms with van der Waals surface area (Å²) in [7, 11) is 1.68. The first-order valence-electron chi connectivity index (χ1n) is 8.71. The number of rotatable bonds is 5. The van der Waals surface area contributed by atoms with E-state index in [1.807, 2.05) is 18.2 Å². The Morgan fingerprint density at radius 1 is 1.08 bits per heavy atom. The van der Waals surface area contributed by atoms with E-state index in [0.717, 1.165) is 36.1 Å². The van der Waals surface area contributed by atoms with E-state index in [2.05, 4.69) is 30.4 Å². The van der Waals surface area contributed by atoms with Gasteiger partial charge >= 0.3 is 0 Å². The van der Waals surface area contributed by atoms with Crippen LogP contribution >= 0.6 is 0 Å². The Kier molecular flexibility index (Phi) is 5.19. The molecule has 1 aliphatic rings. The molecule has 0 saturated carbocycles. The van der Waals surface area contributed by atoms with E-state index in [9.17, 15) is 4.79 Å². The van der Waals surface area contributed by atoms with Gasteiger partial charge in [-0.05, 0) is 73.9 Å². The van der Waals surface area contributed by atoms with Crippen LogP contribution in [0.4, 0.5) is 0 Å². The Morgan fingerprint density at radius 3 is 2.67 bits per heavy atom. The number of fused-ring (bicyclic) bond motifs is 1. The number of nitrogens with one attached hydrogen (secondary N) is 1. The van der Waals surface area contributed by atoms with Gasteiger partial charge in [-0.2, -0.15) is 0 Å². The Labute approximate surface area is 144 Å². The third-order valence-electron chi connectivity index (χ3n) is 4.73.